The predicted molar refractivity (Wildman–Crippen MR) is 159 cm³/mol. The molecule has 44 heavy (non-hydrogen) atoms. The molecule has 0 spiro atoms. The van der Waals surface area contributed by atoms with E-state index in [1.54, 1.807) is 26.0 Å². The highest BCUT2D eigenvalue weighted by atomic mass is 35.5. The van der Waals surface area contributed by atoms with Gasteiger partial charge in [0.25, 0.3) is 5.91 Å². The third-order valence-corrected chi connectivity index (χ3v) is 8.97. The lowest BCUT2D eigenvalue weighted by atomic mass is 9.80. The predicted octanol–water partition coefficient (Wildman–Crippen LogP) is 4.66. The maximum Gasteiger partial charge on any atom is 0.251 e. The molecule has 1 aliphatic carbocycles. The van der Waals surface area contributed by atoms with Crippen LogP contribution in [0, 0.1) is 12.7 Å². The number of benzene rings is 2. The van der Waals surface area contributed by atoms with Crippen molar-refractivity contribution in [2.75, 3.05) is 20.3 Å². The van der Waals surface area contributed by atoms with E-state index in [1.165, 1.54) is 43.5 Å². The summed E-state index contributed by atoms with van der Waals surface area (Å²) in [6.45, 7) is 2.67. The summed E-state index contributed by atoms with van der Waals surface area (Å²) in [6.07, 6.45) is 0.0296. The van der Waals surface area contributed by atoms with E-state index >= 15 is 4.39 Å². The number of rotatable bonds is 8. The van der Waals surface area contributed by atoms with E-state index in [0.29, 0.717) is 38.5 Å². The number of aryl methyl sites for hydroxylation is 1. The van der Waals surface area contributed by atoms with Crippen LogP contribution in [0.3, 0.4) is 0 Å². The molecule has 2 aromatic heterocycles. The number of amides is 2. The van der Waals surface area contributed by atoms with E-state index in [-0.39, 0.29) is 42.1 Å². The second-order valence-corrected chi connectivity index (χ2v) is 11.9. The number of carbonyl (C=O) groups is 2. The molecule has 1 fully saturated rings. The van der Waals surface area contributed by atoms with Gasteiger partial charge in [-0.25, -0.2) is 18.7 Å². The van der Waals surface area contributed by atoms with E-state index in [1.807, 2.05) is 0 Å². The Kier molecular flexibility index (Phi) is 7.01. The molecular formula is C32H29ClF2N4O5. The maximum atomic E-state index is 16.1. The van der Waals surface area contributed by atoms with Crippen molar-refractivity contribution in [3.63, 3.8) is 0 Å². The molecule has 2 atom stereocenters. The van der Waals surface area contributed by atoms with Crippen molar-refractivity contribution in [1.82, 2.24) is 15.3 Å². The van der Waals surface area contributed by atoms with Crippen LogP contribution in [0.25, 0.3) is 22.2 Å². The number of pyridine rings is 2. The van der Waals surface area contributed by atoms with Crippen LogP contribution >= 0.6 is 11.6 Å². The molecule has 0 unspecified atom stereocenters. The van der Waals surface area contributed by atoms with Gasteiger partial charge in [-0.1, -0.05) is 11.6 Å². The molecule has 0 bridgehead atoms. The lowest BCUT2D eigenvalue weighted by Crippen LogP contribution is -2.49. The Hall–Kier alpha value is -4.35. The number of aromatic nitrogens is 2. The average molecular weight is 623 g/mol. The summed E-state index contributed by atoms with van der Waals surface area (Å²) >= 11 is 6.26. The summed E-state index contributed by atoms with van der Waals surface area (Å²) in [5.41, 5.74) is 2.06. The Morgan fingerprint density at radius 3 is 2.52 bits per heavy atom. The summed E-state index contributed by atoms with van der Waals surface area (Å²) in [7, 11) is 1.45. The van der Waals surface area contributed by atoms with Crippen LogP contribution < -0.4 is 20.5 Å². The van der Waals surface area contributed by atoms with Crippen LogP contribution in [0.5, 0.6) is 11.5 Å². The highest BCUT2D eigenvalue weighted by Crippen LogP contribution is 2.55. The standard InChI is InChI=1S/C32H29ClF2N4O5/c1-16-22(33)11-18-10-19(12-23(43-3)25(18)38-16)28(40)37-14-32(42,31(35)8-9-31)24-13-21-27(44-15-30(21,2)29(36)41)26(39-24)17-4-6-20(34)7-5-17/h4-7,10-13,42H,8-9,14-15H2,1-3H3,(H2,36,41)(H,37,40)/t30-,32-/m0/s1. The summed E-state index contributed by atoms with van der Waals surface area (Å²) < 4.78 is 41.2. The monoisotopic (exact) mass is 622 g/mol. The van der Waals surface area contributed by atoms with E-state index in [2.05, 4.69) is 15.3 Å². The van der Waals surface area contributed by atoms with Gasteiger partial charge in [0, 0.05) is 22.1 Å². The molecule has 6 rings (SSSR count). The van der Waals surface area contributed by atoms with Crippen LogP contribution in [0.15, 0.2) is 48.5 Å². The lowest BCUT2D eigenvalue weighted by Gasteiger charge is -2.33. The fourth-order valence-corrected chi connectivity index (χ4v) is 5.68. The Bertz CT molecular complexity index is 1850. The second kappa shape index (κ2) is 10.4. The molecule has 228 valence electrons. The van der Waals surface area contributed by atoms with Crippen molar-refractivity contribution in [1.29, 1.82) is 0 Å². The average Bonchev–Trinajstić information content (AvgIpc) is 3.67. The molecule has 1 saturated carbocycles. The number of hydrogen-bond donors (Lipinski definition) is 3. The fourth-order valence-electron chi connectivity index (χ4n) is 5.52. The number of carbonyl (C=O) groups excluding carboxylic acids is 2. The third kappa shape index (κ3) is 4.71. The first-order chi connectivity index (χ1) is 20.8. The van der Waals surface area contributed by atoms with Crippen LogP contribution in [-0.2, 0) is 15.8 Å². The van der Waals surface area contributed by atoms with Crippen molar-refractivity contribution < 1.29 is 33.0 Å². The van der Waals surface area contributed by atoms with Crippen molar-refractivity contribution in [3.8, 4) is 22.8 Å². The van der Waals surface area contributed by atoms with Crippen molar-refractivity contribution in [3.05, 3.63) is 81.9 Å². The molecule has 3 heterocycles. The van der Waals surface area contributed by atoms with Gasteiger partial charge in [-0.05, 0) is 75.2 Å². The first-order valence-corrected chi connectivity index (χ1v) is 14.3. The molecule has 0 saturated heterocycles. The van der Waals surface area contributed by atoms with Gasteiger partial charge in [0.05, 0.1) is 30.1 Å². The quantitative estimate of drug-likeness (QED) is 0.260. The number of nitrogens with two attached hydrogens (primary N) is 1. The van der Waals surface area contributed by atoms with Gasteiger partial charge in [-0.3, -0.25) is 9.59 Å². The van der Waals surface area contributed by atoms with Gasteiger partial charge in [0.1, 0.15) is 46.2 Å². The number of halogens is 3. The number of fused-ring (bicyclic) bond motifs is 2. The molecule has 2 aromatic carbocycles. The number of methoxy groups -OCH3 is 1. The Morgan fingerprint density at radius 1 is 1.18 bits per heavy atom. The highest BCUT2D eigenvalue weighted by molar-refractivity contribution is 6.31. The SMILES string of the molecule is COc1cc(C(=O)NC[C@](O)(c2cc3c(c(-c4ccc(F)cc4)n2)OC[C@]3(C)C(N)=O)C2(F)CC2)cc2cc(Cl)c(C)nc12. The van der Waals surface area contributed by atoms with E-state index in [4.69, 9.17) is 26.8 Å². The zero-order valence-corrected chi connectivity index (χ0v) is 24.9. The lowest BCUT2D eigenvalue weighted by molar-refractivity contribution is -0.123. The Balaban J connectivity index is 1.42. The molecule has 12 heteroatoms. The number of hydrogen-bond acceptors (Lipinski definition) is 7. The minimum absolute atomic E-state index is 0.0148. The summed E-state index contributed by atoms with van der Waals surface area (Å²) in [4.78, 5) is 35.1. The normalized spacial score (nSPS) is 19.5. The van der Waals surface area contributed by atoms with E-state index in [9.17, 15) is 19.1 Å². The maximum absolute atomic E-state index is 16.1. The Labute approximate surface area is 256 Å². The number of aliphatic hydroxyl groups is 1. The van der Waals surface area contributed by atoms with Gasteiger partial charge in [0.2, 0.25) is 5.91 Å². The van der Waals surface area contributed by atoms with Crippen LogP contribution in [0.1, 0.15) is 47.1 Å². The smallest absolute Gasteiger partial charge is 0.251 e. The summed E-state index contributed by atoms with van der Waals surface area (Å²) in [5, 5.41) is 15.7. The van der Waals surface area contributed by atoms with Crippen LogP contribution in [0.4, 0.5) is 8.78 Å². The number of nitrogens with zero attached hydrogens (tertiary/aromatic N) is 2. The molecular weight excluding hydrogens is 594 g/mol. The van der Waals surface area contributed by atoms with Crippen molar-refractivity contribution in [2.45, 2.75) is 43.4 Å². The largest absolute Gasteiger partial charge is 0.494 e. The topological polar surface area (TPSA) is 137 Å². The molecule has 4 aromatic rings. The number of primary amides is 1. The summed E-state index contributed by atoms with van der Waals surface area (Å²) in [5.74, 6) is -1.23. The minimum atomic E-state index is -2.31. The number of alkyl halides is 1. The molecule has 2 amide bonds. The zero-order chi connectivity index (χ0) is 31.6. The van der Waals surface area contributed by atoms with Gasteiger partial charge >= 0.3 is 0 Å². The number of nitrogens with one attached hydrogen (secondary N) is 1. The van der Waals surface area contributed by atoms with Gasteiger partial charge in [-0.2, -0.15) is 0 Å². The molecule has 4 N–H and O–H groups in total. The van der Waals surface area contributed by atoms with E-state index in [0.717, 1.165) is 0 Å². The first-order valence-electron chi connectivity index (χ1n) is 13.9. The highest BCUT2D eigenvalue weighted by Gasteiger charge is 2.62. The molecule has 9 nitrogen and oxygen atoms in total. The molecule has 1 aliphatic heterocycles. The van der Waals surface area contributed by atoms with E-state index < -0.39 is 40.9 Å². The minimum Gasteiger partial charge on any atom is -0.494 e. The zero-order valence-electron chi connectivity index (χ0n) is 24.1. The second-order valence-electron chi connectivity index (χ2n) is 11.5. The Morgan fingerprint density at radius 2 is 1.89 bits per heavy atom. The number of ether oxygens (including phenoxy) is 2. The molecule has 0 radical (unpaired) electrons. The fraction of sp³-hybridized carbons (Fsp3) is 0.312. The van der Waals surface area contributed by atoms with Crippen molar-refractivity contribution in [2.24, 2.45) is 5.73 Å². The summed E-state index contributed by atoms with van der Waals surface area (Å²) in [6, 6.07) is 11.5. The molecule has 2 aliphatic rings. The van der Waals surface area contributed by atoms with Crippen molar-refractivity contribution >= 4 is 34.3 Å². The first kappa shape index (κ1) is 29.7. The van der Waals surface area contributed by atoms with Crippen LogP contribution in [-0.4, -0.2) is 52.8 Å². The third-order valence-electron chi connectivity index (χ3n) is 8.59. The van der Waals surface area contributed by atoms with Crippen LogP contribution in [0.2, 0.25) is 5.02 Å². The van der Waals surface area contributed by atoms with Gasteiger partial charge in [-0.15, -0.1) is 0 Å². The van der Waals surface area contributed by atoms with Gasteiger partial charge in [0.15, 0.2) is 5.60 Å². The van der Waals surface area contributed by atoms with Gasteiger partial charge < -0.3 is 25.6 Å².